The van der Waals surface area contributed by atoms with Crippen molar-refractivity contribution in [2.45, 2.75) is 51.1 Å². The van der Waals surface area contributed by atoms with E-state index >= 15 is 0 Å². The maximum absolute atomic E-state index is 13.2. The molecule has 5 nitrogen and oxygen atoms in total. The smallest absolute Gasteiger partial charge is 0.247 e. The molecule has 0 bridgehead atoms. The molecule has 0 unspecified atom stereocenters. The number of rotatable bonds is 8. The van der Waals surface area contributed by atoms with Crippen LogP contribution in [0.5, 0.6) is 0 Å². The van der Waals surface area contributed by atoms with E-state index < -0.39 is 6.04 Å². The molecule has 0 aromatic heterocycles. The second kappa shape index (κ2) is 10.5. The van der Waals surface area contributed by atoms with E-state index in [4.69, 9.17) is 16.3 Å². The predicted octanol–water partition coefficient (Wildman–Crippen LogP) is 3.20. The first-order valence-corrected chi connectivity index (χ1v) is 9.82. The number of hydrogen-bond acceptors (Lipinski definition) is 3. The Morgan fingerprint density at radius 2 is 1.96 bits per heavy atom. The molecule has 144 valence electrons. The van der Waals surface area contributed by atoms with Gasteiger partial charge in [-0.2, -0.15) is 0 Å². The van der Waals surface area contributed by atoms with E-state index in [2.05, 4.69) is 5.32 Å². The molecule has 1 atom stereocenters. The van der Waals surface area contributed by atoms with Gasteiger partial charge in [0.05, 0.1) is 6.61 Å². The summed E-state index contributed by atoms with van der Waals surface area (Å²) in [5.74, 6) is -0.570. The van der Waals surface area contributed by atoms with Gasteiger partial charge in [-0.1, -0.05) is 43.5 Å². The van der Waals surface area contributed by atoms with Crippen molar-refractivity contribution >= 4 is 23.4 Å². The molecule has 0 spiro atoms. The average molecular weight is 381 g/mol. The summed E-state index contributed by atoms with van der Waals surface area (Å²) in [5, 5.41) is 3.16. The van der Waals surface area contributed by atoms with Crippen LogP contribution in [0.15, 0.2) is 24.3 Å². The molecule has 26 heavy (non-hydrogen) atoms. The standard InChI is InChI=1S/C20H29ClN2O3/c1-15-8-6-7-11-17(15)19(23(12-13-26-2)18(24)14-21)20(25)22-16-9-4-3-5-10-16/h6-8,11,16,19H,3-5,9-10,12-14H2,1-2H3,(H,22,25)/t19-/m1/s1. The van der Waals surface area contributed by atoms with Gasteiger partial charge in [0.1, 0.15) is 11.9 Å². The van der Waals surface area contributed by atoms with Crippen molar-refractivity contribution in [1.82, 2.24) is 10.2 Å². The number of benzene rings is 1. The Morgan fingerprint density at radius 1 is 1.27 bits per heavy atom. The number of ether oxygens (including phenoxy) is 1. The minimum absolute atomic E-state index is 0.138. The van der Waals surface area contributed by atoms with Crippen LogP contribution in [-0.4, -0.2) is 48.9 Å². The van der Waals surface area contributed by atoms with Gasteiger partial charge < -0.3 is 15.0 Å². The van der Waals surface area contributed by atoms with E-state index in [-0.39, 0.29) is 23.7 Å². The number of hydrogen-bond donors (Lipinski definition) is 1. The van der Waals surface area contributed by atoms with E-state index in [1.807, 2.05) is 31.2 Å². The lowest BCUT2D eigenvalue weighted by Crippen LogP contribution is -2.48. The van der Waals surface area contributed by atoms with Crippen molar-refractivity contribution in [2.24, 2.45) is 0 Å². The molecule has 0 radical (unpaired) electrons. The lowest BCUT2D eigenvalue weighted by molar-refractivity contribution is -0.140. The van der Waals surface area contributed by atoms with Gasteiger partial charge in [-0.05, 0) is 30.9 Å². The van der Waals surface area contributed by atoms with Crippen molar-refractivity contribution < 1.29 is 14.3 Å². The van der Waals surface area contributed by atoms with Crippen LogP contribution in [0, 0.1) is 6.92 Å². The fraction of sp³-hybridized carbons (Fsp3) is 0.600. The minimum atomic E-state index is -0.695. The molecule has 1 aliphatic carbocycles. The van der Waals surface area contributed by atoms with Gasteiger partial charge >= 0.3 is 0 Å². The van der Waals surface area contributed by atoms with Crippen LogP contribution in [0.1, 0.15) is 49.3 Å². The van der Waals surface area contributed by atoms with E-state index in [0.717, 1.165) is 36.8 Å². The molecular weight excluding hydrogens is 352 g/mol. The lowest BCUT2D eigenvalue weighted by atomic mass is 9.94. The third kappa shape index (κ3) is 5.45. The predicted molar refractivity (Wildman–Crippen MR) is 103 cm³/mol. The van der Waals surface area contributed by atoms with Crippen LogP contribution in [0.4, 0.5) is 0 Å². The van der Waals surface area contributed by atoms with Gasteiger partial charge in [0.25, 0.3) is 0 Å². The Hall–Kier alpha value is -1.59. The molecule has 1 fully saturated rings. The summed E-state index contributed by atoms with van der Waals surface area (Å²) in [4.78, 5) is 27.2. The Labute approximate surface area is 161 Å². The fourth-order valence-corrected chi connectivity index (χ4v) is 3.69. The zero-order valence-electron chi connectivity index (χ0n) is 15.7. The normalized spacial score (nSPS) is 16.1. The Kier molecular flexibility index (Phi) is 8.39. The molecule has 1 aromatic rings. The number of aryl methyl sites for hydroxylation is 1. The van der Waals surface area contributed by atoms with Crippen LogP contribution in [0.25, 0.3) is 0 Å². The van der Waals surface area contributed by atoms with Gasteiger partial charge in [0, 0.05) is 19.7 Å². The zero-order valence-corrected chi connectivity index (χ0v) is 16.4. The molecule has 0 heterocycles. The van der Waals surface area contributed by atoms with Crippen LogP contribution < -0.4 is 5.32 Å². The molecule has 1 aliphatic rings. The number of amides is 2. The number of nitrogens with one attached hydrogen (secondary N) is 1. The summed E-state index contributed by atoms with van der Waals surface area (Å²) in [6.45, 7) is 2.62. The van der Waals surface area contributed by atoms with E-state index in [9.17, 15) is 9.59 Å². The molecule has 1 N–H and O–H groups in total. The first-order chi connectivity index (χ1) is 12.6. The lowest BCUT2D eigenvalue weighted by Gasteiger charge is -2.33. The summed E-state index contributed by atoms with van der Waals surface area (Å²) in [7, 11) is 1.58. The highest BCUT2D eigenvalue weighted by atomic mass is 35.5. The summed E-state index contributed by atoms with van der Waals surface area (Å²) >= 11 is 5.83. The van der Waals surface area contributed by atoms with Crippen LogP contribution >= 0.6 is 11.6 Å². The molecule has 6 heteroatoms. The molecule has 2 rings (SSSR count). The largest absolute Gasteiger partial charge is 0.383 e. The van der Waals surface area contributed by atoms with Crippen LogP contribution in [-0.2, 0) is 14.3 Å². The minimum Gasteiger partial charge on any atom is -0.383 e. The Balaban J connectivity index is 2.31. The first kappa shape index (κ1) is 20.7. The summed E-state index contributed by atoms with van der Waals surface area (Å²) in [5.41, 5.74) is 1.80. The Bertz CT molecular complexity index is 602. The summed E-state index contributed by atoms with van der Waals surface area (Å²) < 4.78 is 5.14. The number of nitrogens with zero attached hydrogens (tertiary/aromatic N) is 1. The molecule has 1 aromatic carbocycles. The van der Waals surface area contributed by atoms with Crippen molar-refractivity contribution in [1.29, 1.82) is 0 Å². The molecule has 0 saturated heterocycles. The number of halogens is 1. The summed E-state index contributed by atoms with van der Waals surface area (Å²) in [6.07, 6.45) is 5.47. The maximum Gasteiger partial charge on any atom is 0.247 e. The molecular formula is C20H29ClN2O3. The fourth-order valence-electron chi connectivity index (χ4n) is 3.54. The van der Waals surface area contributed by atoms with Crippen molar-refractivity contribution in [3.63, 3.8) is 0 Å². The topological polar surface area (TPSA) is 58.6 Å². The van der Waals surface area contributed by atoms with Gasteiger partial charge in [-0.3, -0.25) is 9.59 Å². The highest BCUT2D eigenvalue weighted by molar-refractivity contribution is 6.27. The monoisotopic (exact) mass is 380 g/mol. The SMILES string of the molecule is COCCN(C(=O)CCl)[C@@H](C(=O)NC1CCCCC1)c1ccccc1C. The molecule has 1 saturated carbocycles. The maximum atomic E-state index is 13.2. The highest BCUT2D eigenvalue weighted by Crippen LogP contribution is 2.26. The van der Waals surface area contributed by atoms with Gasteiger partial charge in [0.2, 0.25) is 11.8 Å². The number of alkyl halides is 1. The number of carbonyl (C=O) groups excluding carboxylic acids is 2. The van der Waals surface area contributed by atoms with Gasteiger partial charge in [-0.25, -0.2) is 0 Å². The summed E-state index contributed by atoms with van der Waals surface area (Å²) in [6, 6.07) is 7.16. The Morgan fingerprint density at radius 3 is 2.58 bits per heavy atom. The van der Waals surface area contributed by atoms with Gasteiger partial charge in [0.15, 0.2) is 0 Å². The van der Waals surface area contributed by atoms with E-state index in [1.54, 1.807) is 7.11 Å². The average Bonchev–Trinajstić information content (AvgIpc) is 2.66. The zero-order chi connectivity index (χ0) is 18.9. The van der Waals surface area contributed by atoms with Crippen molar-refractivity contribution in [3.05, 3.63) is 35.4 Å². The second-order valence-electron chi connectivity index (χ2n) is 6.82. The number of carbonyl (C=O) groups is 2. The third-order valence-corrected chi connectivity index (χ3v) is 5.19. The molecule has 0 aliphatic heterocycles. The van der Waals surface area contributed by atoms with Crippen molar-refractivity contribution in [2.75, 3.05) is 26.1 Å². The highest BCUT2D eigenvalue weighted by Gasteiger charge is 2.33. The van der Waals surface area contributed by atoms with Crippen LogP contribution in [0.3, 0.4) is 0 Å². The second-order valence-corrected chi connectivity index (χ2v) is 7.08. The molecule has 2 amide bonds. The first-order valence-electron chi connectivity index (χ1n) is 9.28. The van der Waals surface area contributed by atoms with E-state index in [1.165, 1.54) is 11.3 Å². The van der Waals surface area contributed by atoms with Gasteiger partial charge in [-0.15, -0.1) is 11.6 Å². The number of methoxy groups -OCH3 is 1. The quantitative estimate of drug-likeness (QED) is 0.704. The third-order valence-electron chi connectivity index (χ3n) is 4.97. The van der Waals surface area contributed by atoms with Crippen LogP contribution in [0.2, 0.25) is 0 Å². The van der Waals surface area contributed by atoms with Crippen molar-refractivity contribution in [3.8, 4) is 0 Å². The van der Waals surface area contributed by atoms with E-state index in [0.29, 0.717) is 13.2 Å².